The zero-order chi connectivity index (χ0) is 12.4. The fraction of sp³-hybridized carbons (Fsp3) is 0.182. The van der Waals surface area contributed by atoms with Crippen LogP contribution in [0.15, 0.2) is 30.6 Å². The number of hydrogen-bond acceptors (Lipinski definition) is 4. The summed E-state index contributed by atoms with van der Waals surface area (Å²) in [5.41, 5.74) is 7.62. The Bertz CT molecular complexity index is 562. The predicted molar refractivity (Wildman–Crippen MR) is 63.6 cm³/mol. The summed E-state index contributed by atoms with van der Waals surface area (Å²) in [5, 5.41) is 14.9. The molecule has 0 spiro atoms. The zero-order valence-corrected chi connectivity index (χ0v) is 9.33. The topological polar surface area (TPSA) is 87.0 Å². The van der Waals surface area contributed by atoms with E-state index in [1.54, 1.807) is 23.0 Å². The van der Waals surface area contributed by atoms with Gasteiger partial charge in [-0.25, -0.2) is 0 Å². The molecular weight excluding hydrogens is 220 g/mol. The molecule has 0 unspecified atom stereocenters. The SMILES string of the molecule is Cc1cnn(Cc2cccc([N+](=O)[O-])c2N)c1. The molecule has 1 heterocycles. The van der Waals surface area contributed by atoms with Gasteiger partial charge in [0.05, 0.1) is 17.7 Å². The highest BCUT2D eigenvalue weighted by Crippen LogP contribution is 2.25. The Hall–Kier alpha value is -2.37. The van der Waals surface area contributed by atoms with Crippen molar-refractivity contribution in [2.24, 2.45) is 0 Å². The Balaban J connectivity index is 2.33. The Morgan fingerprint density at radius 3 is 2.88 bits per heavy atom. The predicted octanol–water partition coefficient (Wildman–Crippen LogP) is 1.73. The minimum atomic E-state index is -0.479. The number of nitrogens with two attached hydrogens (primary N) is 1. The van der Waals surface area contributed by atoms with Crippen molar-refractivity contribution in [3.05, 3.63) is 51.8 Å². The molecule has 17 heavy (non-hydrogen) atoms. The third kappa shape index (κ3) is 2.25. The molecule has 2 aromatic rings. The standard InChI is InChI=1S/C11H12N4O2/c1-8-5-13-14(6-8)7-9-3-2-4-10(11(9)12)15(16)17/h2-6H,7,12H2,1H3. The maximum absolute atomic E-state index is 10.7. The second kappa shape index (κ2) is 4.25. The zero-order valence-electron chi connectivity index (χ0n) is 9.33. The molecule has 0 saturated heterocycles. The highest BCUT2D eigenvalue weighted by Gasteiger charge is 2.14. The third-order valence-corrected chi connectivity index (χ3v) is 2.46. The van der Waals surface area contributed by atoms with Crippen LogP contribution in [0, 0.1) is 17.0 Å². The van der Waals surface area contributed by atoms with E-state index in [4.69, 9.17) is 5.73 Å². The molecule has 0 atom stereocenters. The number of aryl methyl sites for hydroxylation is 1. The molecule has 0 aliphatic carbocycles. The molecule has 2 rings (SSSR count). The van der Waals surface area contributed by atoms with Crippen molar-refractivity contribution in [3.8, 4) is 0 Å². The van der Waals surface area contributed by atoms with Crippen LogP contribution < -0.4 is 5.73 Å². The summed E-state index contributed by atoms with van der Waals surface area (Å²) in [6, 6.07) is 4.78. The summed E-state index contributed by atoms with van der Waals surface area (Å²) in [5.74, 6) is 0. The number of benzene rings is 1. The number of hydrogen-bond donors (Lipinski definition) is 1. The van der Waals surface area contributed by atoms with Gasteiger partial charge < -0.3 is 5.73 Å². The van der Waals surface area contributed by atoms with E-state index in [1.165, 1.54) is 6.07 Å². The average Bonchev–Trinajstić information content (AvgIpc) is 2.67. The molecule has 0 bridgehead atoms. The Labute approximate surface area is 97.8 Å². The van der Waals surface area contributed by atoms with Crippen LogP contribution in [0.25, 0.3) is 0 Å². The summed E-state index contributed by atoms with van der Waals surface area (Å²) >= 11 is 0. The van der Waals surface area contributed by atoms with Gasteiger partial charge >= 0.3 is 0 Å². The van der Waals surface area contributed by atoms with E-state index in [9.17, 15) is 10.1 Å². The summed E-state index contributed by atoms with van der Waals surface area (Å²) in [4.78, 5) is 10.3. The van der Waals surface area contributed by atoms with E-state index in [2.05, 4.69) is 5.10 Å². The van der Waals surface area contributed by atoms with Crippen molar-refractivity contribution in [2.45, 2.75) is 13.5 Å². The summed E-state index contributed by atoms with van der Waals surface area (Å²) in [6.07, 6.45) is 3.59. The Morgan fingerprint density at radius 2 is 2.29 bits per heavy atom. The second-order valence-corrected chi connectivity index (χ2v) is 3.82. The number of para-hydroxylation sites is 1. The van der Waals surface area contributed by atoms with E-state index in [1.807, 2.05) is 13.1 Å². The summed E-state index contributed by atoms with van der Waals surface area (Å²) in [6.45, 7) is 2.36. The lowest BCUT2D eigenvalue weighted by atomic mass is 10.1. The van der Waals surface area contributed by atoms with Gasteiger partial charge in [0.2, 0.25) is 0 Å². The van der Waals surface area contributed by atoms with Gasteiger partial charge in [-0.05, 0) is 12.5 Å². The first kappa shape index (κ1) is 11.1. The van der Waals surface area contributed by atoms with Crippen molar-refractivity contribution in [2.75, 3.05) is 5.73 Å². The summed E-state index contributed by atoms with van der Waals surface area (Å²) in [7, 11) is 0. The van der Waals surface area contributed by atoms with Crippen LogP contribution in [-0.2, 0) is 6.54 Å². The van der Waals surface area contributed by atoms with Gasteiger partial charge in [-0.3, -0.25) is 14.8 Å². The molecule has 0 saturated carbocycles. The van der Waals surface area contributed by atoms with Crippen LogP contribution in [0.5, 0.6) is 0 Å². The van der Waals surface area contributed by atoms with Crippen LogP contribution in [0.3, 0.4) is 0 Å². The fourth-order valence-corrected chi connectivity index (χ4v) is 1.62. The van der Waals surface area contributed by atoms with Gasteiger partial charge in [0.15, 0.2) is 0 Å². The van der Waals surface area contributed by atoms with Gasteiger partial charge in [-0.15, -0.1) is 0 Å². The molecule has 0 aliphatic heterocycles. The third-order valence-electron chi connectivity index (χ3n) is 2.46. The van der Waals surface area contributed by atoms with Gasteiger partial charge in [-0.1, -0.05) is 12.1 Å². The highest BCUT2D eigenvalue weighted by molar-refractivity contribution is 5.62. The molecular formula is C11H12N4O2. The number of nitro benzene ring substituents is 1. The first-order valence-corrected chi connectivity index (χ1v) is 5.08. The molecule has 88 valence electrons. The van der Waals surface area contributed by atoms with Crippen LogP contribution in [0.2, 0.25) is 0 Å². The first-order chi connectivity index (χ1) is 8.08. The second-order valence-electron chi connectivity index (χ2n) is 3.82. The van der Waals surface area contributed by atoms with Crippen molar-refractivity contribution in [3.63, 3.8) is 0 Å². The highest BCUT2D eigenvalue weighted by atomic mass is 16.6. The lowest BCUT2D eigenvalue weighted by Gasteiger charge is -2.05. The van der Waals surface area contributed by atoms with Crippen LogP contribution in [0.4, 0.5) is 11.4 Å². The average molecular weight is 232 g/mol. The van der Waals surface area contributed by atoms with E-state index in [0.29, 0.717) is 12.1 Å². The molecule has 1 aromatic heterocycles. The normalized spacial score (nSPS) is 10.4. The fourth-order valence-electron chi connectivity index (χ4n) is 1.62. The van der Waals surface area contributed by atoms with Crippen LogP contribution >= 0.6 is 0 Å². The Morgan fingerprint density at radius 1 is 1.53 bits per heavy atom. The number of anilines is 1. The number of nitrogen functional groups attached to an aromatic ring is 1. The molecule has 0 aliphatic rings. The van der Waals surface area contributed by atoms with Gasteiger partial charge in [0.1, 0.15) is 5.69 Å². The van der Waals surface area contributed by atoms with E-state index >= 15 is 0 Å². The molecule has 0 radical (unpaired) electrons. The monoisotopic (exact) mass is 232 g/mol. The lowest BCUT2D eigenvalue weighted by Crippen LogP contribution is -2.05. The van der Waals surface area contributed by atoms with Crippen LogP contribution in [-0.4, -0.2) is 14.7 Å². The van der Waals surface area contributed by atoms with Gasteiger partial charge in [-0.2, -0.15) is 5.10 Å². The number of nitrogens with zero attached hydrogens (tertiary/aromatic N) is 3. The largest absolute Gasteiger partial charge is 0.393 e. The Kier molecular flexibility index (Phi) is 2.78. The maximum atomic E-state index is 10.7. The molecule has 0 fully saturated rings. The lowest BCUT2D eigenvalue weighted by molar-refractivity contribution is -0.383. The minimum Gasteiger partial charge on any atom is -0.393 e. The van der Waals surface area contributed by atoms with Crippen molar-refractivity contribution in [1.82, 2.24) is 9.78 Å². The number of nitro groups is 1. The molecule has 0 amide bonds. The molecule has 2 N–H and O–H groups in total. The number of rotatable bonds is 3. The van der Waals surface area contributed by atoms with Crippen LogP contribution in [0.1, 0.15) is 11.1 Å². The maximum Gasteiger partial charge on any atom is 0.292 e. The first-order valence-electron chi connectivity index (χ1n) is 5.08. The van der Waals surface area contributed by atoms with Gasteiger partial charge in [0.25, 0.3) is 5.69 Å². The van der Waals surface area contributed by atoms with E-state index in [-0.39, 0.29) is 11.4 Å². The molecule has 6 heteroatoms. The number of aromatic nitrogens is 2. The van der Waals surface area contributed by atoms with Gasteiger partial charge in [0, 0.05) is 17.8 Å². The van der Waals surface area contributed by atoms with Crippen molar-refractivity contribution in [1.29, 1.82) is 0 Å². The van der Waals surface area contributed by atoms with E-state index < -0.39 is 4.92 Å². The van der Waals surface area contributed by atoms with E-state index in [0.717, 1.165) is 5.56 Å². The minimum absolute atomic E-state index is 0.0635. The smallest absolute Gasteiger partial charge is 0.292 e. The quantitative estimate of drug-likeness (QED) is 0.496. The van der Waals surface area contributed by atoms with Crippen molar-refractivity contribution >= 4 is 11.4 Å². The molecule has 6 nitrogen and oxygen atoms in total. The molecule has 1 aromatic carbocycles. The van der Waals surface area contributed by atoms with Crippen molar-refractivity contribution < 1.29 is 4.92 Å². The summed E-state index contributed by atoms with van der Waals surface area (Å²) < 4.78 is 1.70.